The van der Waals surface area contributed by atoms with Crippen molar-refractivity contribution in [3.8, 4) is 0 Å². The van der Waals surface area contributed by atoms with Crippen LogP contribution in [-0.4, -0.2) is 51.7 Å². The van der Waals surface area contributed by atoms with Crippen molar-refractivity contribution in [2.24, 2.45) is 5.92 Å². The highest BCUT2D eigenvalue weighted by atomic mass is 32.1. The molecule has 3 aromatic rings. The van der Waals surface area contributed by atoms with Crippen LogP contribution in [0.2, 0.25) is 0 Å². The smallest absolute Gasteiger partial charge is 0.160 e. The molecule has 8 heteroatoms. The van der Waals surface area contributed by atoms with Gasteiger partial charge in [0.25, 0.3) is 0 Å². The number of imidazole rings is 1. The summed E-state index contributed by atoms with van der Waals surface area (Å²) in [5.41, 5.74) is 1.91. The molecule has 4 rings (SSSR count). The quantitative estimate of drug-likeness (QED) is 0.655. The number of likely N-dealkylation sites (tertiary alicyclic amines) is 1. The van der Waals surface area contributed by atoms with Gasteiger partial charge in [0.2, 0.25) is 0 Å². The summed E-state index contributed by atoms with van der Waals surface area (Å²) in [5.74, 6) is 1.70. The van der Waals surface area contributed by atoms with Gasteiger partial charge in [0, 0.05) is 30.6 Å². The van der Waals surface area contributed by atoms with E-state index in [2.05, 4.69) is 37.3 Å². The molecular weight excluding hydrogens is 374 g/mol. The fraction of sp³-hybridized carbons (Fsp3) is 0.450. The summed E-state index contributed by atoms with van der Waals surface area (Å²) in [5, 5.41) is 14.9. The highest BCUT2D eigenvalue weighted by Gasteiger charge is 2.22. The molecule has 0 radical (unpaired) electrons. The van der Waals surface area contributed by atoms with Gasteiger partial charge in [-0.15, -0.1) is 11.3 Å². The van der Waals surface area contributed by atoms with Gasteiger partial charge in [0.15, 0.2) is 5.65 Å². The Balaban J connectivity index is 1.41. The molecule has 0 aliphatic carbocycles. The Bertz CT molecular complexity index is 916. The van der Waals surface area contributed by atoms with E-state index in [1.54, 1.807) is 11.3 Å². The molecule has 3 aromatic heterocycles. The summed E-state index contributed by atoms with van der Waals surface area (Å²) in [6.07, 6.45) is 3.78. The maximum absolute atomic E-state index is 10.5. The largest absolute Gasteiger partial charge is 0.530 e. The van der Waals surface area contributed by atoms with E-state index in [1.807, 2.05) is 18.3 Å². The molecule has 1 aliphatic heterocycles. The average Bonchev–Trinajstić information content (AvgIpc) is 3.32. The Morgan fingerprint density at radius 3 is 2.89 bits per heavy atom. The lowest BCUT2D eigenvalue weighted by Gasteiger charge is -2.32. The first-order valence-electron chi connectivity index (χ1n) is 9.69. The summed E-state index contributed by atoms with van der Waals surface area (Å²) >= 11 is 1.76. The second kappa shape index (κ2) is 8.70. The van der Waals surface area contributed by atoms with Crippen molar-refractivity contribution in [1.82, 2.24) is 24.8 Å². The maximum Gasteiger partial charge on any atom is 0.160 e. The van der Waals surface area contributed by atoms with Crippen LogP contribution in [0, 0.1) is 5.92 Å². The lowest BCUT2D eigenvalue weighted by Crippen LogP contribution is -2.43. The van der Waals surface area contributed by atoms with E-state index in [9.17, 15) is 9.90 Å². The second-order valence-electron chi connectivity index (χ2n) is 7.24. The van der Waals surface area contributed by atoms with Crippen molar-refractivity contribution in [2.75, 3.05) is 26.2 Å². The number of thiophene rings is 1. The number of carbonyl (C=O) groups is 1. The maximum atomic E-state index is 10.5. The molecule has 0 aromatic carbocycles. The molecule has 1 N–H and O–H groups in total. The van der Waals surface area contributed by atoms with Gasteiger partial charge in [0.1, 0.15) is 17.4 Å². The molecule has 7 nitrogen and oxygen atoms in total. The molecular formula is C20H24N5O2S-. The molecule has 28 heavy (non-hydrogen) atoms. The van der Waals surface area contributed by atoms with Crippen molar-refractivity contribution >= 4 is 28.6 Å². The molecule has 1 fully saturated rings. The van der Waals surface area contributed by atoms with Crippen LogP contribution in [0.25, 0.3) is 11.2 Å². The number of piperidine rings is 1. The number of carbonyl (C=O) groups excluding carboxylic acids is 1. The van der Waals surface area contributed by atoms with Crippen LogP contribution >= 0.6 is 11.3 Å². The second-order valence-corrected chi connectivity index (χ2v) is 8.28. The summed E-state index contributed by atoms with van der Waals surface area (Å²) in [6, 6.07) is 8.21. The molecule has 0 spiro atoms. The van der Waals surface area contributed by atoms with Gasteiger partial charge in [-0.05, 0) is 55.4 Å². The summed E-state index contributed by atoms with van der Waals surface area (Å²) in [4.78, 5) is 23.5. The van der Waals surface area contributed by atoms with Gasteiger partial charge in [-0.25, -0.2) is 9.97 Å². The van der Waals surface area contributed by atoms with Crippen molar-refractivity contribution in [1.29, 1.82) is 0 Å². The first-order chi connectivity index (χ1) is 13.7. The molecule has 1 amide bonds. The molecule has 4 heterocycles. The SMILES string of the molecule is O=C([O-])NCCN1CCC(Cc2nc3cccnc3n2Cc2cccs2)CC1. The van der Waals surface area contributed by atoms with E-state index in [0.717, 1.165) is 62.4 Å². The molecule has 0 unspecified atom stereocenters. The van der Waals surface area contributed by atoms with Crippen LogP contribution in [-0.2, 0) is 13.0 Å². The van der Waals surface area contributed by atoms with Crippen LogP contribution in [0.15, 0.2) is 35.8 Å². The number of rotatable bonds is 7. The molecule has 0 saturated carbocycles. The van der Waals surface area contributed by atoms with Crippen molar-refractivity contribution in [3.05, 3.63) is 46.5 Å². The zero-order valence-electron chi connectivity index (χ0n) is 15.7. The Morgan fingerprint density at radius 1 is 1.29 bits per heavy atom. The Morgan fingerprint density at radius 2 is 2.14 bits per heavy atom. The zero-order chi connectivity index (χ0) is 19.3. The number of hydrogen-bond donors (Lipinski definition) is 1. The first-order valence-corrected chi connectivity index (χ1v) is 10.6. The van der Waals surface area contributed by atoms with Gasteiger partial charge in [-0.1, -0.05) is 6.07 Å². The number of carboxylic acid groups (broad SMARTS) is 1. The minimum atomic E-state index is -1.20. The van der Waals surface area contributed by atoms with Gasteiger partial charge >= 0.3 is 0 Å². The predicted molar refractivity (Wildman–Crippen MR) is 107 cm³/mol. The number of amides is 1. The normalized spacial score (nSPS) is 15.9. The molecule has 1 aliphatic rings. The third-order valence-electron chi connectivity index (χ3n) is 5.35. The highest BCUT2D eigenvalue weighted by Crippen LogP contribution is 2.24. The van der Waals surface area contributed by atoms with Gasteiger partial charge in [0.05, 0.1) is 6.54 Å². The number of fused-ring (bicyclic) bond motifs is 1. The van der Waals surface area contributed by atoms with Gasteiger partial charge < -0.3 is 24.7 Å². The summed E-state index contributed by atoms with van der Waals surface area (Å²) in [6.45, 7) is 3.95. The third kappa shape index (κ3) is 4.51. The Hall–Kier alpha value is -2.45. The molecule has 1 saturated heterocycles. The van der Waals surface area contributed by atoms with Crippen LogP contribution in [0.1, 0.15) is 23.5 Å². The Labute approximate surface area is 168 Å². The third-order valence-corrected chi connectivity index (χ3v) is 6.21. The zero-order valence-corrected chi connectivity index (χ0v) is 16.5. The predicted octanol–water partition coefficient (Wildman–Crippen LogP) is 1.73. The topological polar surface area (TPSA) is 86.1 Å². The van der Waals surface area contributed by atoms with Crippen LogP contribution < -0.4 is 10.4 Å². The number of nitrogens with one attached hydrogen (secondary N) is 1. The van der Waals surface area contributed by atoms with Crippen molar-refractivity contribution in [2.45, 2.75) is 25.8 Å². The molecule has 0 atom stereocenters. The highest BCUT2D eigenvalue weighted by molar-refractivity contribution is 7.09. The van der Waals surface area contributed by atoms with Gasteiger partial charge in [-0.3, -0.25) is 0 Å². The number of pyridine rings is 1. The first kappa shape index (κ1) is 18.9. The fourth-order valence-corrected chi connectivity index (χ4v) is 4.57. The van der Waals surface area contributed by atoms with E-state index >= 15 is 0 Å². The lowest BCUT2D eigenvalue weighted by atomic mass is 9.93. The lowest BCUT2D eigenvalue weighted by molar-refractivity contribution is -0.250. The van der Waals surface area contributed by atoms with Crippen molar-refractivity contribution < 1.29 is 9.90 Å². The van der Waals surface area contributed by atoms with Crippen LogP contribution in [0.3, 0.4) is 0 Å². The summed E-state index contributed by atoms with van der Waals surface area (Å²) < 4.78 is 2.26. The number of aromatic nitrogens is 3. The van der Waals surface area contributed by atoms with Crippen molar-refractivity contribution in [3.63, 3.8) is 0 Å². The average molecular weight is 399 g/mol. The van der Waals surface area contributed by atoms with E-state index in [4.69, 9.17) is 4.98 Å². The molecule has 0 bridgehead atoms. The fourth-order valence-electron chi connectivity index (χ4n) is 3.87. The van der Waals surface area contributed by atoms with Crippen LogP contribution in [0.5, 0.6) is 0 Å². The van der Waals surface area contributed by atoms with E-state index in [-0.39, 0.29) is 0 Å². The standard InChI is InChI=1S/C20H25N5O2S/c26-20(27)22-8-11-24-9-5-15(6-10-24)13-18-23-17-4-1-7-21-19(17)25(18)14-16-3-2-12-28-16/h1-4,7,12,15,22H,5-6,8-11,13-14H2,(H,26,27)/p-1. The van der Waals surface area contributed by atoms with E-state index < -0.39 is 6.09 Å². The van der Waals surface area contributed by atoms with Gasteiger partial charge in [-0.2, -0.15) is 0 Å². The number of nitrogens with zero attached hydrogens (tertiary/aromatic N) is 4. The minimum absolute atomic E-state index is 0.426. The summed E-state index contributed by atoms with van der Waals surface area (Å²) in [7, 11) is 0. The monoisotopic (exact) mass is 398 g/mol. The molecule has 148 valence electrons. The minimum Gasteiger partial charge on any atom is -0.530 e. The van der Waals surface area contributed by atoms with E-state index in [1.165, 1.54) is 4.88 Å². The Kier molecular flexibility index (Phi) is 5.87. The van der Waals surface area contributed by atoms with Crippen LogP contribution in [0.4, 0.5) is 4.79 Å². The van der Waals surface area contributed by atoms with E-state index in [0.29, 0.717) is 12.5 Å². The number of hydrogen-bond acceptors (Lipinski definition) is 6.